The van der Waals surface area contributed by atoms with Crippen molar-refractivity contribution in [3.8, 4) is 5.75 Å². The lowest BCUT2D eigenvalue weighted by Gasteiger charge is -2.26. The van der Waals surface area contributed by atoms with Gasteiger partial charge < -0.3 is 9.47 Å². The Balaban J connectivity index is 2.67. The van der Waals surface area contributed by atoms with Gasteiger partial charge in [-0.3, -0.25) is 0 Å². The van der Waals surface area contributed by atoms with E-state index in [-0.39, 0.29) is 0 Å². The molecule has 0 saturated heterocycles. The monoisotopic (exact) mass is 426 g/mol. The lowest BCUT2D eigenvalue weighted by Crippen LogP contribution is -2.34. The summed E-state index contributed by atoms with van der Waals surface area (Å²) in [7, 11) is 0. The van der Waals surface area contributed by atoms with Crippen molar-refractivity contribution in [2.75, 3.05) is 0 Å². The van der Waals surface area contributed by atoms with E-state index in [4.69, 9.17) is 9.47 Å². The van der Waals surface area contributed by atoms with E-state index in [1.807, 2.05) is 18.2 Å². The highest BCUT2D eigenvalue weighted by Gasteiger charge is 2.37. The van der Waals surface area contributed by atoms with Gasteiger partial charge >= 0.3 is 5.97 Å². The van der Waals surface area contributed by atoms with Crippen LogP contribution >= 0.6 is 47.8 Å². The molecular formula is C11H9Br3O3. The van der Waals surface area contributed by atoms with E-state index in [0.29, 0.717) is 5.75 Å². The number of alkyl halides is 3. The quantitative estimate of drug-likeness (QED) is 0.404. The van der Waals surface area contributed by atoms with E-state index >= 15 is 0 Å². The second-order valence-corrected chi connectivity index (χ2v) is 7.19. The summed E-state index contributed by atoms with van der Waals surface area (Å²) in [4.78, 5) is 11.1. The second-order valence-electron chi connectivity index (χ2n) is 2.93. The topological polar surface area (TPSA) is 35.5 Å². The number of rotatable bonds is 5. The Hall–Kier alpha value is -0.330. The summed E-state index contributed by atoms with van der Waals surface area (Å²) >= 11 is 9.74. The molecule has 0 amide bonds. The molecule has 0 heterocycles. The maximum atomic E-state index is 11.1. The van der Waals surface area contributed by atoms with Crippen LogP contribution in [0.25, 0.3) is 0 Å². The van der Waals surface area contributed by atoms with Crippen molar-refractivity contribution in [1.82, 2.24) is 0 Å². The van der Waals surface area contributed by atoms with Gasteiger partial charge in [-0.2, -0.15) is 0 Å². The second kappa shape index (κ2) is 6.56. The fraction of sp³-hybridized carbons (Fsp3) is 0.182. The zero-order chi connectivity index (χ0) is 12.9. The lowest BCUT2D eigenvalue weighted by molar-refractivity contribution is -0.140. The highest BCUT2D eigenvalue weighted by atomic mass is 79.9. The van der Waals surface area contributed by atoms with Crippen LogP contribution < -0.4 is 4.74 Å². The maximum absolute atomic E-state index is 11.1. The molecule has 1 aromatic carbocycles. The van der Waals surface area contributed by atoms with Crippen molar-refractivity contribution in [1.29, 1.82) is 0 Å². The first-order valence-corrected chi connectivity index (χ1v) is 7.05. The normalized spacial score (nSPS) is 12.6. The van der Waals surface area contributed by atoms with Crippen LogP contribution in [0.3, 0.4) is 0 Å². The molecule has 0 fully saturated rings. The van der Waals surface area contributed by atoms with Crippen LogP contribution in [0.4, 0.5) is 0 Å². The van der Waals surface area contributed by atoms with Crippen LogP contribution in [0.2, 0.25) is 0 Å². The predicted octanol–water partition coefficient (Wildman–Crippen LogP) is 3.96. The molecule has 92 valence electrons. The minimum atomic E-state index is -1.06. The van der Waals surface area contributed by atoms with Gasteiger partial charge in [0.2, 0.25) is 5.01 Å². The Labute approximate surface area is 125 Å². The lowest BCUT2D eigenvalue weighted by atomic mass is 10.3. The Morgan fingerprint density at radius 2 is 1.94 bits per heavy atom. The number of esters is 1. The van der Waals surface area contributed by atoms with Crippen LogP contribution in [-0.4, -0.2) is 14.4 Å². The van der Waals surface area contributed by atoms with E-state index in [1.54, 1.807) is 12.1 Å². The van der Waals surface area contributed by atoms with Crippen molar-refractivity contribution in [3.05, 3.63) is 43.0 Å². The van der Waals surface area contributed by atoms with Gasteiger partial charge in [0, 0.05) is 6.08 Å². The molecule has 0 spiro atoms. The first kappa shape index (κ1) is 14.7. The van der Waals surface area contributed by atoms with Crippen molar-refractivity contribution in [2.24, 2.45) is 0 Å². The molecule has 3 nitrogen and oxygen atoms in total. The van der Waals surface area contributed by atoms with Crippen molar-refractivity contribution in [3.63, 3.8) is 0 Å². The van der Waals surface area contributed by atoms with E-state index < -0.39 is 14.4 Å². The van der Waals surface area contributed by atoms with Crippen LogP contribution in [-0.2, 0) is 9.53 Å². The molecule has 0 saturated carbocycles. The van der Waals surface area contributed by atoms with E-state index in [9.17, 15) is 4.79 Å². The predicted molar refractivity (Wildman–Crippen MR) is 76.7 cm³/mol. The van der Waals surface area contributed by atoms with E-state index in [2.05, 4.69) is 54.4 Å². The van der Waals surface area contributed by atoms with Gasteiger partial charge in [-0.25, -0.2) is 4.79 Å². The smallest absolute Gasteiger partial charge is 0.331 e. The number of carbonyl (C=O) groups excluding carboxylic acids is 1. The molecule has 1 unspecified atom stereocenters. The van der Waals surface area contributed by atoms with Gasteiger partial charge in [0.15, 0.2) is 0 Å². The summed E-state index contributed by atoms with van der Waals surface area (Å²) in [5.41, 5.74) is 0. The molecule has 0 bridgehead atoms. The van der Waals surface area contributed by atoms with E-state index in [0.717, 1.165) is 6.08 Å². The Bertz CT molecular complexity index is 392. The zero-order valence-corrected chi connectivity index (χ0v) is 13.4. The molecule has 0 aromatic heterocycles. The summed E-state index contributed by atoms with van der Waals surface area (Å²) < 4.78 is 9.51. The Morgan fingerprint density at radius 1 is 1.35 bits per heavy atom. The summed E-state index contributed by atoms with van der Waals surface area (Å²) in [6.07, 6.45) is 1.08. The molecule has 1 atom stereocenters. The van der Waals surface area contributed by atoms with Crippen molar-refractivity contribution < 1.29 is 14.3 Å². The first-order chi connectivity index (χ1) is 7.95. The largest absolute Gasteiger partial charge is 0.461 e. The molecule has 0 aliphatic heterocycles. The van der Waals surface area contributed by atoms with Gasteiger partial charge in [-0.1, -0.05) is 24.8 Å². The standard InChI is InChI=1S/C11H9Br3O3/c1-2-9(15)16-10(12)11(13,14)17-8-6-4-3-5-7-8/h2-7,10H,1H2. The first-order valence-electron chi connectivity index (χ1n) is 4.54. The molecule has 0 aliphatic carbocycles. The van der Waals surface area contributed by atoms with Gasteiger partial charge in [0.1, 0.15) is 5.75 Å². The molecule has 0 radical (unpaired) electrons. The third-order valence-corrected chi connectivity index (χ3v) is 4.86. The number of para-hydroxylation sites is 1. The van der Waals surface area contributed by atoms with Gasteiger partial charge in [-0.05, 0) is 59.9 Å². The zero-order valence-electron chi connectivity index (χ0n) is 8.61. The van der Waals surface area contributed by atoms with Crippen LogP contribution in [0.1, 0.15) is 0 Å². The molecule has 6 heteroatoms. The highest BCUT2D eigenvalue weighted by molar-refractivity contribution is 9.26. The number of carbonyl (C=O) groups is 1. The fourth-order valence-electron chi connectivity index (χ4n) is 0.911. The average Bonchev–Trinajstić information content (AvgIpc) is 2.29. The van der Waals surface area contributed by atoms with Gasteiger partial charge in [-0.15, -0.1) is 0 Å². The molecule has 17 heavy (non-hydrogen) atoms. The van der Waals surface area contributed by atoms with Crippen LogP contribution in [0, 0.1) is 0 Å². The van der Waals surface area contributed by atoms with E-state index in [1.165, 1.54) is 0 Å². The number of halogens is 3. The third kappa shape index (κ3) is 4.81. The summed E-state index contributed by atoms with van der Waals surface area (Å²) in [6, 6.07) is 9.12. The third-order valence-electron chi connectivity index (χ3n) is 1.65. The van der Waals surface area contributed by atoms with Crippen molar-refractivity contribution >= 4 is 53.8 Å². The molecular weight excluding hydrogens is 420 g/mol. The number of ether oxygens (including phenoxy) is 2. The highest BCUT2D eigenvalue weighted by Crippen LogP contribution is 2.37. The minimum Gasteiger partial charge on any atom is -0.461 e. The maximum Gasteiger partial charge on any atom is 0.331 e. The number of benzene rings is 1. The minimum absolute atomic E-state index is 0.549. The van der Waals surface area contributed by atoms with Gasteiger partial charge in [0.25, 0.3) is 3.42 Å². The van der Waals surface area contributed by atoms with Gasteiger partial charge in [0.05, 0.1) is 0 Å². The molecule has 1 rings (SSSR count). The molecule has 1 aromatic rings. The Kier molecular flexibility index (Phi) is 5.69. The fourth-order valence-corrected chi connectivity index (χ4v) is 1.75. The van der Waals surface area contributed by atoms with Crippen molar-refractivity contribution in [2.45, 2.75) is 8.43 Å². The van der Waals surface area contributed by atoms with Crippen LogP contribution in [0.5, 0.6) is 5.75 Å². The summed E-state index contributed by atoms with van der Waals surface area (Å²) in [5, 5.41) is -0.722. The average molecular weight is 429 g/mol. The van der Waals surface area contributed by atoms with Crippen LogP contribution in [0.15, 0.2) is 43.0 Å². The molecule has 0 aliphatic rings. The summed E-state index contributed by atoms with van der Waals surface area (Å²) in [6.45, 7) is 3.31. The number of hydrogen-bond acceptors (Lipinski definition) is 3. The Morgan fingerprint density at radius 3 is 2.47 bits per heavy atom. The molecule has 0 N–H and O–H groups in total. The number of hydrogen-bond donors (Lipinski definition) is 0. The SMILES string of the molecule is C=CC(=O)OC(Br)C(Br)(Br)Oc1ccccc1. The summed E-state index contributed by atoms with van der Waals surface area (Å²) in [5.74, 6) is 0.0761.